The topological polar surface area (TPSA) is 34.4 Å². The lowest BCUT2D eigenvalue weighted by atomic mass is 10.0. The van der Waals surface area contributed by atoms with Crippen LogP contribution in [0.3, 0.4) is 0 Å². The van der Waals surface area contributed by atoms with Gasteiger partial charge in [0.15, 0.2) is 0 Å². The van der Waals surface area contributed by atoms with Crippen molar-refractivity contribution < 1.29 is 9.15 Å². The first-order valence-corrected chi connectivity index (χ1v) is 7.15. The smallest absolute Gasteiger partial charge is 0.128 e. The molecule has 1 atom stereocenters. The van der Waals surface area contributed by atoms with Crippen LogP contribution in [0.5, 0.6) is 5.75 Å². The molecule has 1 unspecified atom stereocenters. The number of hydrogen-bond acceptors (Lipinski definition) is 3. The summed E-state index contributed by atoms with van der Waals surface area (Å²) in [6, 6.07) is 10.3. The second-order valence-corrected chi connectivity index (χ2v) is 5.19. The van der Waals surface area contributed by atoms with Crippen molar-refractivity contribution in [2.24, 2.45) is 0 Å². The number of furan rings is 1. The molecule has 0 amide bonds. The number of aryl methyl sites for hydroxylation is 1. The first-order valence-electron chi connectivity index (χ1n) is 7.15. The average molecular weight is 273 g/mol. The van der Waals surface area contributed by atoms with Gasteiger partial charge in [-0.25, -0.2) is 0 Å². The highest BCUT2D eigenvalue weighted by Gasteiger charge is 2.18. The summed E-state index contributed by atoms with van der Waals surface area (Å²) < 4.78 is 11.3. The minimum Gasteiger partial charge on any atom is -0.491 e. The lowest BCUT2D eigenvalue weighted by Crippen LogP contribution is -2.22. The molecule has 1 aromatic heterocycles. The zero-order chi connectivity index (χ0) is 14.5. The van der Waals surface area contributed by atoms with Gasteiger partial charge in [-0.15, -0.1) is 0 Å². The quantitative estimate of drug-likeness (QED) is 0.861. The second-order valence-electron chi connectivity index (χ2n) is 5.19. The maximum atomic E-state index is 5.68. The summed E-state index contributed by atoms with van der Waals surface area (Å²) in [4.78, 5) is 0. The fraction of sp³-hybridized carbons (Fsp3) is 0.412. The fourth-order valence-corrected chi connectivity index (χ4v) is 2.26. The Morgan fingerprint density at radius 3 is 2.35 bits per heavy atom. The first kappa shape index (κ1) is 14.7. The summed E-state index contributed by atoms with van der Waals surface area (Å²) in [5.41, 5.74) is 2.35. The highest BCUT2D eigenvalue weighted by Crippen LogP contribution is 2.27. The summed E-state index contributed by atoms with van der Waals surface area (Å²) in [7, 11) is 0. The van der Waals surface area contributed by atoms with Crippen LogP contribution in [0.15, 0.2) is 41.0 Å². The molecule has 1 N–H and O–H groups in total. The molecule has 0 bridgehead atoms. The van der Waals surface area contributed by atoms with E-state index in [4.69, 9.17) is 9.15 Å². The Morgan fingerprint density at radius 2 is 1.85 bits per heavy atom. The van der Waals surface area contributed by atoms with E-state index in [2.05, 4.69) is 31.3 Å². The molecule has 3 heteroatoms. The zero-order valence-electron chi connectivity index (χ0n) is 12.6. The van der Waals surface area contributed by atoms with Crippen molar-refractivity contribution in [2.45, 2.75) is 39.8 Å². The Kier molecular flexibility index (Phi) is 4.85. The van der Waals surface area contributed by atoms with E-state index in [1.165, 1.54) is 11.1 Å². The van der Waals surface area contributed by atoms with Crippen LogP contribution in [0.25, 0.3) is 0 Å². The monoisotopic (exact) mass is 273 g/mol. The standard InChI is InChI=1S/C17H23NO2/c1-5-18-16(17-13(4)10-11-19-17)14-6-8-15(9-7-14)20-12(2)3/h6-12,16,18H,5H2,1-4H3. The van der Waals surface area contributed by atoms with Gasteiger partial charge in [0, 0.05) is 0 Å². The van der Waals surface area contributed by atoms with Crippen LogP contribution in [-0.2, 0) is 0 Å². The molecule has 0 saturated heterocycles. The molecule has 0 radical (unpaired) electrons. The van der Waals surface area contributed by atoms with Gasteiger partial charge in [0.1, 0.15) is 11.5 Å². The van der Waals surface area contributed by atoms with E-state index in [0.717, 1.165) is 18.1 Å². The molecule has 2 rings (SSSR count). The Bertz CT molecular complexity index is 528. The maximum Gasteiger partial charge on any atom is 0.128 e. The van der Waals surface area contributed by atoms with Crippen molar-refractivity contribution in [1.29, 1.82) is 0 Å². The van der Waals surface area contributed by atoms with Crippen molar-refractivity contribution in [3.8, 4) is 5.75 Å². The van der Waals surface area contributed by atoms with E-state index < -0.39 is 0 Å². The molecule has 1 aromatic carbocycles. The van der Waals surface area contributed by atoms with Gasteiger partial charge in [-0.3, -0.25) is 0 Å². The molecule has 0 fully saturated rings. The van der Waals surface area contributed by atoms with Crippen LogP contribution in [0, 0.1) is 6.92 Å². The lowest BCUT2D eigenvalue weighted by molar-refractivity contribution is 0.242. The van der Waals surface area contributed by atoms with E-state index in [9.17, 15) is 0 Å². The maximum absolute atomic E-state index is 5.68. The molecule has 20 heavy (non-hydrogen) atoms. The van der Waals surface area contributed by atoms with Crippen LogP contribution >= 0.6 is 0 Å². The van der Waals surface area contributed by atoms with Gasteiger partial charge in [0.25, 0.3) is 0 Å². The van der Waals surface area contributed by atoms with E-state index >= 15 is 0 Å². The SMILES string of the molecule is CCNC(c1ccc(OC(C)C)cc1)c1occc1C. The molecule has 2 aromatic rings. The predicted molar refractivity (Wildman–Crippen MR) is 81.2 cm³/mol. The molecular formula is C17H23NO2. The highest BCUT2D eigenvalue weighted by atomic mass is 16.5. The van der Waals surface area contributed by atoms with Gasteiger partial charge in [0.05, 0.1) is 18.4 Å². The molecule has 0 spiro atoms. The second kappa shape index (κ2) is 6.62. The summed E-state index contributed by atoms with van der Waals surface area (Å²) in [5, 5.41) is 3.47. The number of hydrogen-bond donors (Lipinski definition) is 1. The zero-order valence-corrected chi connectivity index (χ0v) is 12.6. The van der Waals surface area contributed by atoms with Crippen LogP contribution in [-0.4, -0.2) is 12.6 Å². The van der Waals surface area contributed by atoms with E-state index in [-0.39, 0.29) is 12.1 Å². The number of rotatable bonds is 6. The number of nitrogens with one attached hydrogen (secondary N) is 1. The molecule has 0 aliphatic carbocycles. The van der Waals surface area contributed by atoms with Gasteiger partial charge in [0.2, 0.25) is 0 Å². The third kappa shape index (κ3) is 3.42. The average Bonchev–Trinajstić information content (AvgIpc) is 2.83. The van der Waals surface area contributed by atoms with Crippen molar-refractivity contribution in [3.63, 3.8) is 0 Å². The molecule has 0 aliphatic heterocycles. The van der Waals surface area contributed by atoms with Crippen molar-refractivity contribution >= 4 is 0 Å². The molecular weight excluding hydrogens is 250 g/mol. The van der Waals surface area contributed by atoms with Gasteiger partial charge >= 0.3 is 0 Å². The van der Waals surface area contributed by atoms with E-state index in [0.29, 0.717) is 0 Å². The summed E-state index contributed by atoms with van der Waals surface area (Å²) >= 11 is 0. The highest BCUT2D eigenvalue weighted by molar-refractivity contribution is 5.34. The Labute approximate surface area is 121 Å². The molecule has 0 aliphatic rings. The van der Waals surface area contributed by atoms with Gasteiger partial charge in [-0.05, 0) is 56.6 Å². The van der Waals surface area contributed by atoms with Crippen LogP contribution in [0.4, 0.5) is 0 Å². The Hall–Kier alpha value is -1.74. The summed E-state index contributed by atoms with van der Waals surface area (Å²) in [5.74, 6) is 1.87. The van der Waals surface area contributed by atoms with Crippen molar-refractivity contribution in [3.05, 3.63) is 53.5 Å². The summed E-state index contributed by atoms with van der Waals surface area (Å²) in [6.07, 6.45) is 1.93. The molecule has 1 heterocycles. The van der Waals surface area contributed by atoms with Crippen LogP contribution in [0.1, 0.15) is 43.7 Å². The number of benzene rings is 1. The van der Waals surface area contributed by atoms with Gasteiger partial charge < -0.3 is 14.5 Å². The normalized spacial score (nSPS) is 12.7. The largest absolute Gasteiger partial charge is 0.491 e. The van der Waals surface area contributed by atoms with E-state index in [1.807, 2.05) is 32.0 Å². The number of ether oxygens (including phenoxy) is 1. The van der Waals surface area contributed by atoms with Gasteiger partial charge in [-0.2, -0.15) is 0 Å². The van der Waals surface area contributed by atoms with E-state index in [1.54, 1.807) is 6.26 Å². The molecule has 108 valence electrons. The van der Waals surface area contributed by atoms with Gasteiger partial charge in [-0.1, -0.05) is 19.1 Å². The molecule has 0 saturated carbocycles. The van der Waals surface area contributed by atoms with Crippen LogP contribution in [0.2, 0.25) is 0 Å². The van der Waals surface area contributed by atoms with Crippen molar-refractivity contribution in [1.82, 2.24) is 5.32 Å². The first-order chi connectivity index (χ1) is 9.61. The van der Waals surface area contributed by atoms with Crippen LogP contribution < -0.4 is 10.1 Å². The summed E-state index contributed by atoms with van der Waals surface area (Å²) in [6.45, 7) is 9.11. The Balaban J connectivity index is 2.24. The minimum atomic E-state index is 0.0862. The minimum absolute atomic E-state index is 0.0862. The third-order valence-electron chi connectivity index (χ3n) is 3.16. The Morgan fingerprint density at radius 1 is 1.15 bits per heavy atom. The van der Waals surface area contributed by atoms with Crippen molar-refractivity contribution in [2.75, 3.05) is 6.54 Å². The molecule has 3 nitrogen and oxygen atoms in total. The lowest BCUT2D eigenvalue weighted by Gasteiger charge is -2.18. The fourth-order valence-electron chi connectivity index (χ4n) is 2.26. The third-order valence-corrected chi connectivity index (χ3v) is 3.16. The predicted octanol–water partition coefficient (Wildman–Crippen LogP) is 4.07.